The van der Waals surface area contributed by atoms with Crippen LogP contribution in [0.25, 0.3) is 0 Å². The van der Waals surface area contributed by atoms with Crippen molar-refractivity contribution in [2.24, 2.45) is 0 Å². The average Bonchev–Trinajstić information content (AvgIpc) is 2.64. The van der Waals surface area contributed by atoms with Crippen LogP contribution in [0.4, 0.5) is 0 Å². The molecule has 2 aromatic rings. The van der Waals surface area contributed by atoms with Crippen LogP contribution in [0.1, 0.15) is 37.5 Å². The smallest absolute Gasteiger partial charge is 0.242 e. The molecule has 0 radical (unpaired) electrons. The lowest BCUT2D eigenvalue weighted by Gasteiger charge is -2.29. The highest BCUT2D eigenvalue weighted by Gasteiger charge is 2.26. The molecule has 0 saturated carbocycles. The summed E-state index contributed by atoms with van der Waals surface area (Å²) in [5.41, 5.74) is 3.35. The van der Waals surface area contributed by atoms with Gasteiger partial charge in [-0.25, -0.2) is 0 Å². The Kier molecular flexibility index (Phi) is 8.12. The molecule has 4 nitrogen and oxygen atoms in total. The Morgan fingerprint density at radius 2 is 1.68 bits per heavy atom. The topological polar surface area (TPSA) is 49.4 Å². The van der Waals surface area contributed by atoms with Gasteiger partial charge in [-0.05, 0) is 52.3 Å². The van der Waals surface area contributed by atoms with Gasteiger partial charge in [0, 0.05) is 17.5 Å². The van der Waals surface area contributed by atoms with E-state index in [9.17, 15) is 9.59 Å². The molecule has 5 heteroatoms. The molecule has 1 atom stereocenters. The summed E-state index contributed by atoms with van der Waals surface area (Å²) in [6, 6.07) is 15.7. The lowest BCUT2D eigenvalue weighted by Crippen LogP contribution is -2.49. The monoisotopic (exact) mass is 398 g/mol. The van der Waals surface area contributed by atoms with Crippen LogP contribution in [0.15, 0.2) is 53.4 Å². The summed E-state index contributed by atoms with van der Waals surface area (Å²) in [6.45, 7) is 10.1. The van der Waals surface area contributed by atoms with E-state index in [2.05, 4.69) is 11.4 Å². The van der Waals surface area contributed by atoms with Crippen molar-refractivity contribution in [3.63, 3.8) is 0 Å². The Morgan fingerprint density at radius 3 is 2.29 bits per heavy atom. The van der Waals surface area contributed by atoms with E-state index in [4.69, 9.17) is 0 Å². The number of benzene rings is 2. The van der Waals surface area contributed by atoms with E-state index in [1.807, 2.05) is 70.2 Å². The normalized spacial score (nSPS) is 11.9. The average molecular weight is 399 g/mol. The zero-order valence-electron chi connectivity index (χ0n) is 17.4. The summed E-state index contributed by atoms with van der Waals surface area (Å²) in [7, 11) is 0. The Morgan fingerprint density at radius 1 is 1.00 bits per heavy atom. The van der Waals surface area contributed by atoms with Crippen LogP contribution in [0, 0.1) is 13.8 Å². The number of amides is 2. The number of carbonyl (C=O) groups is 2. The first-order chi connectivity index (χ1) is 13.3. The summed E-state index contributed by atoms with van der Waals surface area (Å²) >= 11 is 1.50. The molecule has 0 saturated heterocycles. The highest BCUT2D eigenvalue weighted by Crippen LogP contribution is 2.20. The second-order valence-corrected chi connectivity index (χ2v) is 8.50. The fraction of sp³-hybridized carbons (Fsp3) is 0.391. The number of hydrogen-bond donors (Lipinski definition) is 1. The van der Waals surface area contributed by atoms with Gasteiger partial charge >= 0.3 is 0 Å². The SMILES string of the molecule is Cc1ccc(SCC(=O)N(Cc2cccc(C)c2)C(C)C(=O)NC(C)C)cc1. The van der Waals surface area contributed by atoms with Crippen molar-refractivity contribution >= 4 is 23.6 Å². The van der Waals surface area contributed by atoms with E-state index in [-0.39, 0.29) is 17.9 Å². The number of rotatable bonds is 8. The number of hydrogen-bond acceptors (Lipinski definition) is 3. The van der Waals surface area contributed by atoms with Crippen molar-refractivity contribution in [3.8, 4) is 0 Å². The Hall–Kier alpha value is -2.27. The molecule has 0 aromatic heterocycles. The maximum Gasteiger partial charge on any atom is 0.242 e. The minimum absolute atomic E-state index is 0.0350. The molecular weight excluding hydrogens is 368 g/mol. The highest BCUT2D eigenvalue weighted by atomic mass is 32.2. The van der Waals surface area contributed by atoms with Crippen LogP contribution < -0.4 is 5.32 Å². The van der Waals surface area contributed by atoms with Gasteiger partial charge in [-0.1, -0.05) is 47.5 Å². The molecule has 1 unspecified atom stereocenters. The molecule has 0 aliphatic rings. The third-order valence-corrected chi connectivity index (χ3v) is 5.41. The molecule has 28 heavy (non-hydrogen) atoms. The first kappa shape index (κ1) is 22.0. The summed E-state index contributed by atoms with van der Waals surface area (Å²) in [4.78, 5) is 28.3. The van der Waals surface area contributed by atoms with E-state index in [1.54, 1.807) is 11.8 Å². The number of thioether (sulfide) groups is 1. The van der Waals surface area contributed by atoms with Crippen LogP contribution in [-0.2, 0) is 16.1 Å². The zero-order chi connectivity index (χ0) is 20.7. The predicted molar refractivity (Wildman–Crippen MR) is 116 cm³/mol. The molecule has 0 aliphatic carbocycles. The number of aryl methyl sites for hydroxylation is 2. The highest BCUT2D eigenvalue weighted by molar-refractivity contribution is 8.00. The molecule has 0 aliphatic heterocycles. The Labute approximate surface area is 172 Å². The maximum absolute atomic E-state index is 13.0. The van der Waals surface area contributed by atoms with Crippen molar-refractivity contribution < 1.29 is 9.59 Å². The van der Waals surface area contributed by atoms with Crippen LogP contribution in [0.3, 0.4) is 0 Å². The maximum atomic E-state index is 13.0. The van der Waals surface area contributed by atoms with Gasteiger partial charge in [0.15, 0.2) is 0 Å². The molecule has 2 rings (SSSR count). The Balaban J connectivity index is 2.14. The van der Waals surface area contributed by atoms with Gasteiger partial charge in [-0.2, -0.15) is 0 Å². The van der Waals surface area contributed by atoms with Crippen LogP contribution >= 0.6 is 11.8 Å². The standard InChI is InChI=1S/C23H30N2O2S/c1-16(2)24-23(27)19(5)25(14-20-8-6-7-18(4)13-20)22(26)15-28-21-11-9-17(3)10-12-21/h6-13,16,19H,14-15H2,1-5H3,(H,24,27). The van der Waals surface area contributed by atoms with Crippen LogP contribution in [-0.4, -0.2) is 34.6 Å². The minimum Gasteiger partial charge on any atom is -0.352 e. The van der Waals surface area contributed by atoms with Gasteiger partial charge in [-0.15, -0.1) is 11.8 Å². The van der Waals surface area contributed by atoms with Crippen molar-refractivity contribution in [1.82, 2.24) is 10.2 Å². The van der Waals surface area contributed by atoms with Crippen molar-refractivity contribution in [3.05, 3.63) is 65.2 Å². The molecule has 0 fully saturated rings. The van der Waals surface area contributed by atoms with Gasteiger partial charge in [-0.3, -0.25) is 9.59 Å². The van der Waals surface area contributed by atoms with Gasteiger partial charge in [0.2, 0.25) is 11.8 Å². The van der Waals surface area contributed by atoms with Crippen molar-refractivity contribution in [2.45, 2.75) is 58.1 Å². The first-order valence-electron chi connectivity index (χ1n) is 9.61. The molecule has 0 spiro atoms. The molecule has 2 amide bonds. The summed E-state index contributed by atoms with van der Waals surface area (Å²) in [5.74, 6) is 0.128. The molecule has 1 N–H and O–H groups in total. The van der Waals surface area contributed by atoms with E-state index in [0.717, 1.165) is 16.0 Å². The lowest BCUT2D eigenvalue weighted by molar-refractivity contribution is -0.138. The quantitative estimate of drug-likeness (QED) is 0.673. The Bertz CT molecular complexity index is 803. The van der Waals surface area contributed by atoms with Gasteiger partial charge in [0.25, 0.3) is 0 Å². The fourth-order valence-corrected chi connectivity index (χ4v) is 3.64. The van der Waals surface area contributed by atoms with E-state index < -0.39 is 6.04 Å². The largest absolute Gasteiger partial charge is 0.352 e. The van der Waals surface area contributed by atoms with Crippen LogP contribution in [0.5, 0.6) is 0 Å². The van der Waals surface area contributed by atoms with Crippen molar-refractivity contribution in [2.75, 3.05) is 5.75 Å². The third-order valence-electron chi connectivity index (χ3n) is 4.42. The van der Waals surface area contributed by atoms with E-state index in [1.165, 1.54) is 17.3 Å². The van der Waals surface area contributed by atoms with E-state index in [0.29, 0.717) is 12.3 Å². The van der Waals surface area contributed by atoms with Crippen LogP contribution in [0.2, 0.25) is 0 Å². The van der Waals surface area contributed by atoms with E-state index >= 15 is 0 Å². The predicted octanol–water partition coefficient (Wildman–Crippen LogP) is 4.34. The molecule has 0 heterocycles. The summed E-state index contributed by atoms with van der Waals surface area (Å²) in [5, 5.41) is 2.92. The number of carbonyl (C=O) groups excluding carboxylic acids is 2. The summed E-state index contributed by atoms with van der Waals surface area (Å²) < 4.78 is 0. The third kappa shape index (κ3) is 6.71. The number of nitrogens with zero attached hydrogens (tertiary/aromatic N) is 1. The summed E-state index contributed by atoms with van der Waals surface area (Å²) in [6.07, 6.45) is 0. The molecule has 0 bridgehead atoms. The molecular formula is C23H30N2O2S. The van der Waals surface area contributed by atoms with Gasteiger partial charge < -0.3 is 10.2 Å². The second-order valence-electron chi connectivity index (χ2n) is 7.45. The van der Waals surface area contributed by atoms with Gasteiger partial charge in [0.05, 0.1) is 5.75 Å². The molecule has 2 aromatic carbocycles. The first-order valence-corrected chi connectivity index (χ1v) is 10.6. The molecule has 150 valence electrons. The lowest BCUT2D eigenvalue weighted by atomic mass is 10.1. The zero-order valence-corrected chi connectivity index (χ0v) is 18.2. The second kappa shape index (κ2) is 10.3. The minimum atomic E-state index is -0.533. The van der Waals surface area contributed by atoms with Crippen molar-refractivity contribution in [1.29, 1.82) is 0 Å². The fourth-order valence-electron chi connectivity index (χ4n) is 2.86. The number of nitrogens with one attached hydrogen (secondary N) is 1. The van der Waals surface area contributed by atoms with Gasteiger partial charge in [0.1, 0.15) is 6.04 Å².